The number of amides is 1. The van der Waals surface area contributed by atoms with Crippen molar-refractivity contribution in [2.45, 2.75) is 12.6 Å². The Morgan fingerprint density at radius 3 is 2.82 bits per heavy atom. The van der Waals surface area contributed by atoms with Gasteiger partial charge in [-0.1, -0.05) is 11.3 Å². The van der Waals surface area contributed by atoms with Gasteiger partial charge in [0.15, 0.2) is 5.69 Å². The number of benzene rings is 1. The number of rotatable bonds is 5. The Morgan fingerprint density at radius 2 is 2.14 bits per heavy atom. The van der Waals surface area contributed by atoms with Crippen LogP contribution in [0.5, 0.6) is 0 Å². The molecule has 0 fully saturated rings. The number of nitrogens with zero attached hydrogens (tertiary/aromatic N) is 3. The Balaban J connectivity index is 2.16. The summed E-state index contributed by atoms with van der Waals surface area (Å²) in [4.78, 5) is 11.7. The molecule has 0 spiro atoms. The summed E-state index contributed by atoms with van der Waals surface area (Å²) in [5.41, 5.74) is 4.70. The van der Waals surface area contributed by atoms with Crippen molar-refractivity contribution in [1.29, 1.82) is 0 Å². The number of carbonyl (C=O) groups excluding carboxylic acids is 1. The summed E-state index contributed by atoms with van der Waals surface area (Å²) < 4.78 is 39.1. The predicted octanol–water partition coefficient (Wildman–Crippen LogP) is 1.36. The van der Waals surface area contributed by atoms with Crippen LogP contribution in [0.2, 0.25) is 0 Å². The van der Waals surface area contributed by atoms with Crippen molar-refractivity contribution in [3.63, 3.8) is 0 Å². The van der Waals surface area contributed by atoms with Crippen LogP contribution >= 0.6 is 0 Å². The van der Waals surface area contributed by atoms with Crippen LogP contribution in [-0.4, -0.2) is 34.0 Å². The molecule has 0 aliphatic heterocycles. The molecule has 1 amide bonds. The van der Waals surface area contributed by atoms with Crippen molar-refractivity contribution in [2.24, 2.45) is 5.73 Å². The molecule has 9 heteroatoms. The minimum atomic E-state index is -4.45. The SMILES string of the molecule is NCCCNC(=O)c1cn(-c2cccc(C(F)(F)F)c2)nn1. The van der Waals surface area contributed by atoms with Gasteiger partial charge in [-0.2, -0.15) is 13.2 Å². The van der Waals surface area contributed by atoms with Crippen LogP contribution in [0, 0.1) is 0 Å². The van der Waals surface area contributed by atoms with Crippen LogP contribution in [-0.2, 0) is 6.18 Å². The minimum absolute atomic E-state index is 0.0226. The van der Waals surface area contributed by atoms with Crippen molar-refractivity contribution in [3.05, 3.63) is 41.7 Å². The summed E-state index contributed by atoms with van der Waals surface area (Å²) >= 11 is 0. The summed E-state index contributed by atoms with van der Waals surface area (Å²) in [6.45, 7) is 0.836. The van der Waals surface area contributed by atoms with Gasteiger partial charge in [0.25, 0.3) is 5.91 Å². The average molecular weight is 313 g/mol. The first-order valence-corrected chi connectivity index (χ1v) is 6.50. The van der Waals surface area contributed by atoms with Crippen molar-refractivity contribution in [3.8, 4) is 5.69 Å². The van der Waals surface area contributed by atoms with Gasteiger partial charge in [0.1, 0.15) is 0 Å². The number of hydrogen-bond donors (Lipinski definition) is 2. The van der Waals surface area contributed by atoms with Gasteiger partial charge in [-0.05, 0) is 31.2 Å². The van der Waals surface area contributed by atoms with Gasteiger partial charge >= 0.3 is 6.18 Å². The molecule has 2 aromatic rings. The third kappa shape index (κ3) is 3.82. The van der Waals surface area contributed by atoms with Crippen LogP contribution < -0.4 is 11.1 Å². The van der Waals surface area contributed by atoms with Crippen molar-refractivity contribution in [2.75, 3.05) is 13.1 Å². The number of nitrogens with one attached hydrogen (secondary N) is 1. The molecular formula is C13H14F3N5O. The van der Waals surface area contributed by atoms with Gasteiger partial charge in [0, 0.05) is 6.54 Å². The molecule has 1 aromatic heterocycles. The highest BCUT2D eigenvalue weighted by atomic mass is 19.4. The molecule has 6 nitrogen and oxygen atoms in total. The monoisotopic (exact) mass is 313 g/mol. The van der Waals surface area contributed by atoms with E-state index in [9.17, 15) is 18.0 Å². The number of hydrogen-bond acceptors (Lipinski definition) is 4. The first-order valence-electron chi connectivity index (χ1n) is 6.50. The highest BCUT2D eigenvalue weighted by Crippen LogP contribution is 2.30. The zero-order valence-corrected chi connectivity index (χ0v) is 11.5. The molecule has 0 bridgehead atoms. The molecule has 22 heavy (non-hydrogen) atoms. The topological polar surface area (TPSA) is 85.8 Å². The Labute approximate surface area is 124 Å². The number of carbonyl (C=O) groups is 1. The quantitative estimate of drug-likeness (QED) is 0.816. The second-order valence-electron chi connectivity index (χ2n) is 4.49. The van der Waals surface area contributed by atoms with Crippen molar-refractivity contribution in [1.82, 2.24) is 20.3 Å². The van der Waals surface area contributed by atoms with Gasteiger partial charge in [-0.15, -0.1) is 5.10 Å². The number of halogens is 3. The lowest BCUT2D eigenvalue weighted by Crippen LogP contribution is -2.26. The van der Waals surface area contributed by atoms with E-state index in [2.05, 4.69) is 15.6 Å². The van der Waals surface area contributed by atoms with E-state index in [4.69, 9.17) is 5.73 Å². The number of nitrogens with two attached hydrogens (primary N) is 1. The summed E-state index contributed by atoms with van der Waals surface area (Å²) in [5.74, 6) is -0.452. The number of alkyl halides is 3. The van der Waals surface area contributed by atoms with Gasteiger partial charge < -0.3 is 11.1 Å². The van der Waals surface area contributed by atoms with Gasteiger partial charge in [0.2, 0.25) is 0 Å². The maximum atomic E-state index is 12.7. The molecule has 0 unspecified atom stereocenters. The fourth-order valence-electron chi connectivity index (χ4n) is 1.71. The van der Waals surface area contributed by atoms with Gasteiger partial charge in [-0.25, -0.2) is 4.68 Å². The fourth-order valence-corrected chi connectivity index (χ4v) is 1.71. The maximum absolute atomic E-state index is 12.7. The van der Waals surface area contributed by atoms with Crippen molar-refractivity contribution < 1.29 is 18.0 Å². The summed E-state index contributed by atoms with van der Waals surface area (Å²) in [6.07, 6.45) is -2.56. The molecule has 0 aliphatic rings. The highest BCUT2D eigenvalue weighted by molar-refractivity contribution is 5.91. The molecule has 0 saturated heterocycles. The van der Waals surface area contributed by atoms with E-state index in [1.54, 1.807) is 0 Å². The van der Waals surface area contributed by atoms with E-state index in [1.807, 2.05) is 0 Å². The van der Waals surface area contributed by atoms with E-state index in [1.165, 1.54) is 18.3 Å². The Morgan fingerprint density at radius 1 is 1.36 bits per heavy atom. The first kappa shape index (κ1) is 16.0. The van der Waals surface area contributed by atoms with E-state index in [0.29, 0.717) is 19.5 Å². The molecule has 0 aliphatic carbocycles. The largest absolute Gasteiger partial charge is 0.416 e. The molecule has 2 rings (SSSR count). The normalized spacial score (nSPS) is 11.5. The fraction of sp³-hybridized carbons (Fsp3) is 0.308. The molecular weight excluding hydrogens is 299 g/mol. The standard InChI is InChI=1S/C13H14F3N5O/c14-13(15,16)9-3-1-4-10(7-9)21-8-11(19-20-21)12(22)18-6-2-5-17/h1,3-4,7-8H,2,5-6,17H2,(H,18,22). The second kappa shape index (κ2) is 6.56. The predicted molar refractivity (Wildman–Crippen MR) is 72.4 cm³/mol. The lowest BCUT2D eigenvalue weighted by molar-refractivity contribution is -0.137. The van der Waals surface area contributed by atoms with Crippen LogP contribution in [0.1, 0.15) is 22.5 Å². The Bertz CT molecular complexity index is 653. The highest BCUT2D eigenvalue weighted by Gasteiger charge is 2.30. The van der Waals surface area contributed by atoms with Crippen LogP contribution in [0.4, 0.5) is 13.2 Å². The minimum Gasteiger partial charge on any atom is -0.351 e. The average Bonchev–Trinajstić information content (AvgIpc) is 2.96. The number of aromatic nitrogens is 3. The zero-order chi connectivity index (χ0) is 16.2. The molecule has 118 valence electrons. The maximum Gasteiger partial charge on any atom is 0.416 e. The zero-order valence-electron chi connectivity index (χ0n) is 11.5. The Kier molecular flexibility index (Phi) is 4.76. The molecule has 1 aromatic carbocycles. The summed E-state index contributed by atoms with van der Waals surface area (Å²) in [7, 11) is 0. The van der Waals surface area contributed by atoms with E-state index < -0.39 is 17.6 Å². The van der Waals surface area contributed by atoms with Crippen LogP contribution in [0.25, 0.3) is 5.69 Å². The van der Waals surface area contributed by atoms with Crippen LogP contribution in [0.15, 0.2) is 30.5 Å². The summed E-state index contributed by atoms with van der Waals surface area (Å²) in [6, 6.07) is 4.60. The molecule has 0 atom stereocenters. The molecule has 1 heterocycles. The summed E-state index contributed by atoms with van der Waals surface area (Å²) in [5, 5.41) is 9.91. The molecule has 0 radical (unpaired) electrons. The first-order chi connectivity index (χ1) is 10.4. The smallest absolute Gasteiger partial charge is 0.351 e. The van der Waals surface area contributed by atoms with E-state index in [-0.39, 0.29) is 11.4 Å². The van der Waals surface area contributed by atoms with Crippen LogP contribution in [0.3, 0.4) is 0 Å². The van der Waals surface area contributed by atoms with Gasteiger partial charge in [-0.3, -0.25) is 4.79 Å². The Hall–Kier alpha value is -2.42. The lowest BCUT2D eigenvalue weighted by Gasteiger charge is -2.08. The van der Waals surface area contributed by atoms with Gasteiger partial charge in [0.05, 0.1) is 17.4 Å². The van der Waals surface area contributed by atoms with Crippen molar-refractivity contribution >= 4 is 5.91 Å². The molecule has 3 N–H and O–H groups in total. The third-order valence-corrected chi connectivity index (χ3v) is 2.83. The molecule has 0 saturated carbocycles. The van der Waals surface area contributed by atoms with E-state index in [0.717, 1.165) is 16.8 Å². The second-order valence-corrected chi connectivity index (χ2v) is 4.49. The van der Waals surface area contributed by atoms with E-state index >= 15 is 0 Å². The lowest BCUT2D eigenvalue weighted by atomic mass is 10.2. The third-order valence-electron chi connectivity index (χ3n) is 2.83.